The normalized spacial score (nSPS) is 12.7. The number of hydrogen-bond acceptors (Lipinski definition) is 2. The van der Waals surface area contributed by atoms with Gasteiger partial charge >= 0.3 is 0 Å². The number of aromatic amines is 1. The Balaban J connectivity index is 2.21. The molecule has 2 aromatic rings. The van der Waals surface area contributed by atoms with Crippen LogP contribution in [0.1, 0.15) is 12.7 Å². The highest BCUT2D eigenvalue weighted by atomic mass is 35.5. The summed E-state index contributed by atoms with van der Waals surface area (Å²) in [4.78, 5) is 7.53. The summed E-state index contributed by atoms with van der Waals surface area (Å²) < 4.78 is 0. The molecule has 84 valence electrons. The first-order valence-corrected chi connectivity index (χ1v) is 5.58. The largest absolute Gasteiger partial charge is 0.342 e. The minimum Gasteiger partial charge on any atom is -0.342 e. The molecule has 1 unspecified atom stereocenters. The minimum absolute atomic E-state index is 0.115. The third-order valence-corrected chi connectivity index (χ3v) is 2.55. The van der Waals surface area contributed by atoms with Gasteiger partial charge in [-0.3, -0.25) is 0 Å². The first-order valence-electron chi connectivity index (χ1n) is 5.20. The third-order valence-electron chi connectivity index (χ3n) is 2.30. The summed E-state index contributed by atoms with van der Waals surface area (Å²) in [5.41, 5.74) is 7.78. The summed E-state index contributed by atoms with van der Waals surface area (Å²) >= 11 is 5.83. The van der Waals surface area contributed by atoms with Crippen molar-refractivity contribution in [2.45, 2.75) is 19.4 Å². The van der Waals surface area contributed by atoms with Crippen LogP contribution < -0.4 is 5.73 Å². The van der Waals surface area contributed by atoms with Crippen molar-refractivity contribution in [1.29, 1.82) is 0 Å². The van der Waals surface area contributed by atoms with E-state index in [-0.39, 0.29) is 6.04 Å². The van der Waals surface area contributed by atoms with Gasteiger partial charge in [0.25, 0.3) is 0 Å². The predicted molar refractivity (Wildman–Crippen MR) is 66.4 cm³/mol. The van der Waals surface area contributed by atoms with Gasteiger partial charge in [-0.2, -0.15) is 0 Å². The number of halogens is 1. The average Bonchev–Trinajstić information content (AvgIpc) is 2.66. The monoisotopic (exact) mass is 235 g/mol. The zero-order valence-electron chi connectivity index (χ0n) is 9.07. The minimum atomic E-state index is 0.115. The number of nitrogens with zero attached hydrogens (tertiary/aromatic N) is 1. The molecule has 0 spiro atoms. The molecule has 16 heavy (non-hydrogen) atoms. The Hall–Kier alpha value is -1.32. The predicted octanol–water partition coefficient (Wildman–Crippen LogP) is 2.62. The molecule has 3 N–H and O–H groups in total. The second-order valence-electron chi connectivity index (χ2n) is 3.93. The van der Waals surface area contributed by atoms with Gasteiger partial charge in [0.15, 0.2) is 0 Å². The topological polar surface area (TPSA) is 54.7 Å². The Morgan fingerprint density at radius 1 is 1.38 bits per heavy atom. The van der Waals surface area contributed by atoms with E-state index >= 15 is 0 Å². The van der Waals surface area contributed by atoms with Crippen LogP contribution in [0.5, 0.6) is 0 Å². The Labute approximate surface area is 99.7 Å². The van der Waals surface area contributed by atoms with E-state index < -0.39 is 0 Å². The summed E-state index contributed by atoms with van der Waals surface area (Å²) in [5.74, 6) is 0.917. The molecule has 0 fully saturated rings. The maximum absolute atomic E-state index is 5.83. The van der Waals surface area contributed by atoms with Crippen molar-refractivity contribution in [3.8, 4) is 11.3 Å². The number of aromatic nitrogens is 2. The van der Waals surface area contributed by atoms with Gasteiger partial charge in [-0.15, -0.1) is 0 Å². The number of rotatable bonds is 3. The smallest absolute Gasteiger partial charge is 0.108 e. The molecule has 0 aliphatic rings. The molecular weight excluding hydrogens is 222 g/mol. The zero-order valence-corrected chi connectivity index (χ0v) is 9.83. The molecule has 0 bridgehead atoms. The summed E-state index contributed by atoms with van der Waals surface area (Å²) in [6.45, 7) is 1.96. The number of nitrogens with one attached hydrogen (secondary N) is 1. The molecule has 0 saturated carbocycles. The van der Waals surface area contributed by atoms with Crippen LogP contribution in [-0.2, 0) is 6.42 Å². The Morgan fingerprint density at radius 2 is 2.06 bits per heavy atom. The van der Waals surface area contributed by atoms with Crippen LogP contribution in [0, 0.1) is 0 Å². The van der Waals surface area contributed by atoms with Gasteiger partial charge in [-0.1, -0.05) is 23.7 Å². The fourth-order valence-electron chi connectivity index (χ4n) is 1.55. The lowest BCUT2D eigenvalue weighted by molar-refractivity contribution is 0.710. The van der Waals surface area contributed by atoms with E-state index in [0.29, 0.717) is 0 Å². The number of benzene rings is 1. The molecule has 4 heteroatoms. The van der Waals surface area contributed by atoms with Crippen LogP contribution in [0.4, 0.5) is 0 Å². The van der Waals surface area contributed by atoms with Gasteiger partial charge in [-0.25, -0.2) is 4.98 Å². The standard InChI is InChI=1S/C12H14ClN3/c1-8(14)6-12-15-7-11(16-12)9-2-4-10(13)5-3-9/h2-5,7-8H,6,14H2,1H3,(H,15,16). The highest BCUT2D eigenvalue weighted by molar-refractivity contribution is 6.30. The van der Waals surface area contributed by atoms with Crippen LogP contribution in [0.2, 0.25) is 5.02 Å². The molecule has 0 aliphatic carbocycles. The molecule has 0 radical (unpaired) electrons. The highest BCUT2D eigenvalue weighted by Gasteiger charge is 2.04. The Bertz CT molecular complexity index is 459. The molecule has 3 nitrogen and oxygen atoms in total. The van der Waals surface area contributed by atoms with E-state index in [2.05, 4.69) is 9.97 Å². The van der Waals surface area contributed by atoms with Crippen LogP contribution in [-0.4, -0.2) is 16.0 Å². The summed E-state index contributed by atoms with van der Waals surface area (Å²) in [5, 5.41) is 0.735. The highest BCUT2D eigenvalue weighted by Crippen LogP contribution is 2.19. The van der Waals surface area contributed by atoms with Crippen molar-refractivity contribution in [2.24, 2.45) is 5.73 Å². The second-order valence-corrected chi connectivity index (χ2v) is 4.37. The SMILES string of the molecule is CC(N)Cc1ncc(-c2ccc(Cl)cc2)[nH]1. The molecule has 2 rings (SSSR count). The van der Waals surface area contributed by atoms with Gasteiger partial charge in [0, 0.05) is 17.5 Å². The number of H-pyrrole nitrogens is 1. The summed E-state index contributed by atoms with van der Waals surface area (Å²) in [7, 11) is 0. The van der Waals surface area contributed by atoms with Gasteiger partial charge in [0.2, 0.25) is 0 Å². The van der Waals surface area contributed by atoms with E-state index in [0.717, 1.165) is 28.5 Å². The van der Waals surface area contributed by atoms with Gasteiger partial charge < -0.3 is 10.7 Å². The molecule has 1 aromatic carbocycles. The van der Waals surface area contributed by atoms with Crippen LogP contribution in [0.15, 0.2) is 30.5 Å². The molecule has 1 atom stereocenters. The van der Waals surface area contributed by atoms with Crippen LogP contribution >= 0.6 is 11.6 Å². The van der Waals surface area contributed by atoms with Crippen LogP contribution in [0.25, 0.3) is 11.3 Å². The first-order chi connectivity index (χ1) is 7.65. The lowest BCUT2D eigenvalue weighted by Gasteiger charge is -2.00. The summed E-state index contributed by atoms with van der Waals surface area (Å²) in [6, 6.07) is 7.77. The summed E-state index contributed by atoms with van der Waals surface area (Å²) in [6.07, 6.45) is 2.58. The average molecular weight is 236 g/mol. The van der Waals surface area contributed by atoms with Crippen molar-refractivity contribution < 1.29 is 0 Å². The lowest BCUT2D eigenvalue weighted by Crippen LogP contribution is -2.18. The fourth-order valence-corrected chi connectivity index (χ4v) is 1.67. The van der Waals surface area contributed by atoms with E-state index in [1.807, 2.05) is 37.4 Å². The van der Waals surface area contributed by atoms with Crippen molar-refractivity contribution in [1.82, 2.24) is 9.97 Å². The van der Waals surface area contributed by atoms with Crippen molar-refractivity contribution in [3.63, 3.8) is 0 Å². The quantitative estimate of drug-likeness (QED) is 0.859. The lowest BCUT2D eigenvalue weighted by atomic mass is 10.2. The second kappa shape index (κ2) is 4.68. The molecule has 1 heterocycles. The molecule has 0 amide bonds. The Morgan fingerprint density at radius 3 is 2.69 bits per heavy atom. The van der Waals surface area contributed by atoms with Crippen LogP contribution in [0.3, 0.4) is 0 Å². The number of nitrogens with two attached hydrogens (primary N) is 1. The number of hydrogen-bond donors (Lipinski definition) is 2. The van der Waals surface area contributed by atoms with Crippen molar-refractivity contribution in [2.75, 3.05) is 0 Å². The molecule has 0 saturated heterocycles. The fraction of sp³-hybridized carbons (Fsp3) is 0.250. The zero-order chi connectivity index (χ0) is 11.5. The van der Waals surface area contributed by atoms with E-state index in [1.165, 1.54) is 0 Å². The van der Waals surface area contributed by atoms with Crippen molar-refractivity contribution >= 4 is 11.6 Å². The van der Waals surface area contributed by atoms with Gasteiger partial charge in [0.05, 0.1) is 11.9 Å². The molecule has 0 aliphatic heterocycles. The van der Waals surface area contributed by atoms with E-state index in [1.54, 1.807) is 0 Å². The molecular formula is C12H14ClN3. The Kier molecular flexibility index (Phi) is 3.27. The first kappa shape index (κ1) is 11.2. The van der Waals surface area contributed by atoms with Gasteiger partial charge in [0.1, 0.15) is 5.82 Å². The maximum atomic E-state index is 5.83. The number of imidazole rings is 1. The maximum Gasteiger partial charge on any atom is 0.108 e. The van der Waals surface area contributed by atoms with Gasteiger partial charge in [-0.05, 0) is 24.6 Å². The van der Waals surface area contributed by atoms with E-state index in [9.17, 15) is 0 Å². The third kappa shape index (κ3) is 2.62. The molecule has 1 aromatic heterocycles. The van der Waals surface area contributed by atoms with E-state index in [4.69, 9.17) is 17.3 Å². The van der Waals surface area contributed by atoms with Crippen molar-refractivity contribution in [3.05, 3.63) is 41.3 Å².